The summed E-state index contributed by atoms with van der Waals surface area (Å²) in [6, 6.07) is 13.9. The molecular weight excluding hydrogens is 281 g/mol. The van der Waals surface area contributed by atoms with E-state index in [4.69, 9.17) is 4.74 Å². The van der Waals surface area contributed by atoms with Crippen molar-refractivity contribution in [1.82, 2.24) is 5.32 Å². The summed E-state index contributed by atoms with van der Waals surface area (Å²) in [6.45, 7) is 0.950. The van der Waals surface area contributed by atoms with E-state index >= 15 is 0 Å². The van der Waals surface area contributed by atoms with Crippen LogP contribution in [0.4, 0.5) is 4.39 Å². The number of ether oxygens (including phenoxy) is 1. The molecule has 4 heteroatoms. The molecule has 0 radical (unpaired) electrons. The van der Waals surface area contributed by atoms with Gasteiger partial charge in [0.2, 0.25) is 5.91 Å². The highest BCUT2D eigenvalue weighted by molar-refractivity contribution is 5.80. The van der Waals surface area contributed by atoms with Gasteiger partial charge in [0.1, 0.15) is 18.2 Å². The Balaban J connectivity index is 1.48. The van der Waals surface area contributed by atoms with Crippen LogP contribution in [0.1, 0.15) is 24.0 Å². The van der Waals surface area contributed by atoms with E-state index in [0.717, 1.165) is 29.7 Å². The van der Waals surface area contributed by atoms with Crippen LogP contribution in [0, 0.1) is 11.7 Å². The average molecular weight is 299 g/mol. The van der Waals surface area contributed by atoms with Gasteiger partial charge < -0.3 is 10.1 Å². The lowest BCUT2D eigenvalue weighted by atomic mass is 10.2. The molecule has 0 spiro atoms. The highest BCUT2D eigenvalue weighted by atomic mass is 19.1. The number of amides is 1. The number of rotatable bonds is 6. The third kappa shape index (κ3) is 4.07. The number of nitrogens with one attached hydrogen (secondary N) is 1. The first kappa shape index (κ1) is 14.6. The predicted molar refractivity (Wildman–Crippen MR) is 81.7 cm³/mol. The standard InChI is InChI=1S/C18H18FNO2/c19-16-7-1-14(2-8-16)12-22-17-9-3-13(4-10-17)11-20-18(21)15-5-6-15/h1-4,7-10,15H,5-6,11-12H2,(H,20,21). The van der Waals surface area contributed by atoms with Crippen LogP contribution in [0.15, 0.2) is 48.5 Å². The number of hydrogen-bond acceptors (Lipinski definition) is 2. The van der Waals surface area contributed by atoms with Gasteiger partial charge in [-0.1, -0.05) is 24.3 Å². The molecule has 1 saturated carbocycles. The second-order valence-electron chi connectivity index (χ2n) is 5.55. The molecule has 114 valence electrons. The molecule has 0 unspecified atom stereocenters. The molecule has 0 bridgehead atoms. The minimum Gasteiger partial charge on any atom is -0.489 e. The van der Waals surface area contributed by atoms with Gasteiger partial charge in [0.25, 0.3) is 0 Å². The van der Waals surface area contributed by atoms with Gasteiger partial charge in [0, 0.05) is 12.5 Å². The Labute approximate surface area is 129 Å². The monoisotopic (exact) mass is 299 g/mol. The minimum atomic E-state index is -0.249. The molecule has 1 N–H and O–H groups in total. The van der Waals surface area contributed by atoms with Crippen molar-refractivity contribution in [3.05, 3.63) is 65.5 Å². The van der Waals surface area contributed by atoms with E-state index in [1.165, 1.54) is 12.1 Å². The summed E-state index contributed by atoms with van der Waals surface area (Å²) >= 11 is 0. The molecule has 0 atom stereocenters. The fourth-order valence-corrected chi connectivity index (χ4v) is 2.13. The molecule has 1 amide bonds. The zero-order valence-electron chi connectivity index (χ0n) is 12.2. The summed E-state index contributed by atoms with van der Waals surface area (Å²) in [4.78, 5) is 11.6. The number of carbonyl (C=O) groups excluding carboxylic acids is 1. The van der Waals surface area contributed by atoms with Crippen molar-refractivity contribution in [2.75, 3.05) is 0 Å². The lowest BCUT2D eigenvalue weighted by Crippen LogP contribution is -2.24. The molecule has 3 nitrogen and oxygen atoms in total. The summed E-state index contributed by atoms with van der Waals surface area (Å²) < 4.78 is 18.5. The third-order valence-corrected chi connectivity index (χ3v) is 3.66. The topological polar surface area (TPSA) is 38.3 Å². The van der Waals surface area contributed by atoms with E-state index in [2.05, 4.69) is 5.32 Å². The number of carbonyl (C=O) groups is 1. The van der Waals surface area contributed by atoms with E-state index in [1.54, 1.807) is 12.1 Å². The van der Waals surface area contributed by atoms with E-state index in [-0.39, 0.29) is 17.6 Å². The van der Waals surface area contributed by atoms with E-state index in [9.17, 15) is 9.18 Å². The Kier molecular flexibility index (Phi) is 4.37. The zero-order chi connectivity index (χ0) is 15.4. The van der Waals surface area contributed by atoms with Crippen molar-refractivity contribution in [3.63, 3.8) is 0 Å². The van der Waals surface area contributed by atoms with Gasteiger partial charge in [-0.15, -0.1) is 0 Å². The zero-order valence-corrected chi connectivity index (χ0v) is 12.2. The maximum absolute atomic E-state index is 12.8. The van der Waals surface area contributed by atoms with Crippen molar-refractivity contribution in [2.24, 2.45) is 5.92 Å². The summed E-state index contributed by atoms with van der Waals surface area (Å²) in [6.07, 6.45) is 2.03. The van der Waals surface area contributed by atoms with E-state index in [0.29, 0.717) is 13.2 Å². The lowest BCUT2D eigenvalue weighted by molar-refractivity contribution is -0.122. The molecule has 3 rings (SSSR count). The first-order valence-electron chi connectivity index (χ1n) is 7.44. The SMILES string of the molecule is O=C(NCc1ccc(OCc2ccc(F)cc2)cc1)C1CC1. The van der Waals surface area contributed by atoms with Gasteiger partial charge in [-0.2, -0.15) is 0 Å². The largest absolute Gasteiger partial charge is 0.489 e. The van der Waals surface area contributed by atoms with Crippen LogP contribution in [0.3, 0.4) is 0 Å². The lowest BCUT2D eigenvalue weighted by Gasteiger charge is -2.08. The van der Waals surface area contributed by atoms with Gasteiger partial charge in [-0.25, -0.2) is 4.39 Å². The van der Waals surface area contributed by atoms with Crippen LogP contribution >= 0.6 is 0 Å². The Morgan fingerprint density at radius 3 is 2.32 bits per heavy atom. The quantitative estimate of drug-likeness (QED) is 0.887. The molecule has 0 saturated heterocycles. The molecule has 1 fully saturated rings. The third-order valence-electron chi connectivity index (χ3n) is 3.66. The Bertz CT molecular complexity index is 633. The molecule has 2 aromatic rings. The van der Waals surface area contributed by atoms with Crippen LogP contribution in [0.5, 0.6) is 5.75 Å². The average Bonchev–Trinajstić information content (AvgIpc) is 3.38. The predicted octanol–water partition coefficient (Wildman–Crippen LogP) is 3.43. The van der Waals surface area contributed by atoms with E-state index < -0.39 is 0 Å². The number of benzene rings is 2. The first-order valence-corrected chi connectivity index (χ1v) is 7.44. The molecule has 0 aromatic heterocycles. The fourth-order valence-electron chi connectivity index (χ4n) is 2.13. The Morgan fingerprint density at radius 2 is 1.68 bits per heavy atom. The Morgan fingerprint density at radius 1 is 1.05 bits per heavy atom. The normalized spacial score (nSPS) is 13.7. The molecule has 2 aromatic carbocycles. The van der Waals surface area contributed by atoms with Gasteiger partial charge in [-0.3, -0.25) is 4.79 Å². The fraction of sp³-hybridized carbons (Fsp3) is 0.278. The first-order chi connectivity index (χ1) is 10.7. The van der Waals surface area contributed by atoms with Crippen molar-refractivity contribution < 1.29 is 13.9 Å². The molecule has 1 aliphatic carbocycles. The summed E-state index contributed by atoms with van der Waals surface area (Å²) in [7, 11) is 0. The van der Waals surface area contributed by atoms with Crippen LogP contribution in [0.25, 0.3) is 0 Å². The Hall–Kier alpha value is -2.36. The molecular formula is C18H18FNO2. The maximum Gasteiger partial charge on any atom is 0.223 e. The summed E-state index contributed by atoms with van der Waals surface area (Å²) in [5.74, 6) is 0.887. The number of hydrogen-bond donors (Lipinski definition) is 1. The van der Waals surface area contributed by atoms with Gasteiger partial charge in [0.05, 0.1) is 0 Å². The molecule has 0 aliphatic heterocycles. The highest BCUT2D eigenvalue weighted by Crippen LogP contribution is 2.28. The summed E-state index contributed by atoms with van der Waals surface area (Å²) in [5, 5.41) is 2.93. The van der Waals surface area contributed by atoms with Crippen molar-refractivity contribution in [1.29, 1.82) is 0 Å². The van der Waals surface area contributed by atoms with Crippen molar-refractivity contribution in [3.8, 4) is 5.75 Å². The maximum atomic E-state index is 12.8. The van der Waals surface area contributed by atoms with E-state index in [1.807, 2.05) is 24.3 Å². The summed E-state index contributed by atoms with van der Waals surface area (Å²) in [5.41, 5.74) is 1.96. The second kappa shape index (κ2) is 6.60. The molecule has 22 heavy (non-hydrogen) atoms. The van der Waals surface area contributed by atoms with Crippen LogP contribution in [-0.2, 0) is 17.9 Å². The van der Waals surface area contributed by atoms with Crippen LogP contribution in [-0.4, -0.2) is 5.91 Å². The smallest absolute Gasteiger partial charge is 0.223 e. The highest BCUT2D eigenvalue weighted by Gasteiger charge is 2.29. The van der Waals surface area contributed by atoms with Crippen molar-refractivity contribution >= 4 is 5.91 Å². The van der Waals surface area contributed by atoms with Gasteiger partial charge >= 0.3 is 0 Å². The second-order valence-corrected chi connectivity index (χ2v) is 5.55. The molecule has 0 heterocycles. The minimum absolute atomic E-state index is 0.150. The number of halogens is 1. The van der Waals surface area contributed by atoms with Crippen LogP contribution in [0.2, 0.25) is 0 Å². The van der Waals surface area contributed by atoms with Gasteiger partial charge in [-0.05, 0) is 48.2 Å². The van der Waals surface area contributed by atoms with Crippen LogP contribution < -0.4 is 10.1 Å². The van der Waals surface area contributed by atoms with Crippen molar-refractivity contribution in [2.45, 2.75) is 26.0 Å². The van der Waals surface area contributed by atoms with Gasteiger partial charge in [0.15, 0.2) is 0 Å². The molecule has 1 aliphatic rings.